The van der Waals surface area contributed by atoms with E-state index in [-0.39, 0.29) is 13.2 Å². The van der Waals surface area contributed by atoms with Gasteiger partial charge in [-0.2, -0.15) is 0 Å². The number of ether oxygens (including phenoxy) is 1. The number of hydrogen-bond acceptors (Lipinski definition) is 4. The zero-order chi connectivity index (χ0) is 12.2. The second-order valence-corrected chi connectivity index (χ2v) is 4.05. The molecule has 1 atom stereocenters. The van der Waals surface area contributed by atoms with Gasteiger partial charge in [-0.05, 0) is 6.42 Å². The molecule has 0 rings (SSSR count). The standard InChI is InChI=1S/C12H25NO3/c1-2-3-4-5-6-7-8-11(13)12(15)16-10-9-14/h11,14H,2-10,13H2,1H3. The molecule has 1 unspecified atom stereocenters. The summed E-state index contributed by atoms with van der Waals surface area (Å²) >= 11 is 0. The second-order valence-electron chi connectivity index (χ2n) is 4.05. The first kappa shape index (κ1) is 15.4. The lowest BCUT2D eigenvalue weighted by Gasteiger charge is -2.10. The van der Waals surface area contributed by atoms with E-state index in [2.05, 4.69) is 6.92 Å². The number of carbonyl (C=O) groups is 1. The average Bonchev–Trinajstić information content (AvgIpc) is 2.30. The molecular formula is C12H25NO3. The van der Waals surface area contributed by atoms with Crippen molar-refractivity contribution >= 4 is 5.97 Å². The smallest absolute Gasteiger partial charge is 0.322 e. The molecule has 0 aromatic carbocycles. The molecule has 0 fully saturated rings. The minimum Gasteiger partial charge on any atom is -0.462 e. The van der Waals surface area contributed by atoms with Gasteiger partial charge in [0.1, 0.15) is 12.6 Å². The van der Waals surface area contributed by atoms with E-state index >= 15 is 0 Å². The van der Waals surface area contributed by atoms with Gasteiger partial charge in [-0.1, -0.05) is 45.4 Å². The van der Waals surface area contributed by atoms with Crippen LogP contribution in [0.5, 0.6) is 0 Å². The average molecular weight is 231 g/mol. The minimum atomic E-state index is -0.530. The molecule has 0 aliphatic carbocycles. The van der Waals surface area contributed by atoms with E-state index in [0.29, 0.717) is 6.42 Å². The highest BCUT2D eigenvalue weighted by molar-refractivity contribution is 5.75. The molecule has 0 bridgehead atoms. The van der Waals surface area contributed by atoms with Crippen molar-refractivity contribution in [1.82, 2.24) is 0 Å². The van der Waals surface area contributed by atoms with E-state index in [1.165, 1.54) is 25.7 Å². The third-order valence-electron chi connectivity index (χ3n) is 2.51. The summed E-state index contributed by atoms with van der Waals surface area (Å²) in [4.78, 5) is 11.2. The minimum absolute atomic E-state index is 0.0447. The van der Waals surface area contributed by atoms with Crippen LogP contribution in [0, 0.1) is 0 Å². The summed E-state index contributed by atoms with van der Waals surface area (Å²) in [5.74, 6) is -0.400. The fraction of sp³-hybridized carbons (Fsp3) is 0.917. The molecule has 96 valence electrons. The van der Waals surface area contributed by atoms with Crippen LogP contribution in [0.3, 0.4) is 0 Å². The highest BCUT2D eigenvalue weighted by Gasteiger charge is 2.13. The molecule has 0 heterocycles. The number of unbranched alkanes of at least 4 members (excludes halogenated alkanes) is 5. The van der Waals surface area contributed by atoms with Crippen LogP contribution in [0.2, 0.25) is 0 Å². The summed E-state index contributed by atoms with van der Waals surface area (Å²) in [6, 6.07) is -0.530. The molecule has 0 radical (unpaired) electrons. The van der Waals surface area contributed by atoms with Gasteiger partial charge >= 0.3 is 5.97 Å². The number of esters is 1. The quantitative estimate of drug-likeness (QED) is 0.442. The highest BCUT2D eigenvalue weighted by atomic mass is 16.5. The van der Waals surface area contributed by atoms with Gasteiger partial charge in [-0.15, -0.1) is 0 Å². The molecule has 0 aliphatic heterocycles. The Kier molecular flexibility index (Phi) is 10.5. The topological polar surface area (TPSA) is 72.6 Å². The number of aliphatic hydroxyl groups is 1. The van der Waals surface area contributed by atoms with Crippen molar-refractivity contribution in [2.45, 2.75) is 57.9 Å². The number of carbonyl (C=O) groups excluding carboxylic acids is 1. The Morgan fingerprint density at radius 1 is 1.25 bits per heavy atom. The molecule has 0 aromatic heterocycles. The van der Waals surface area contributed by atoms with E-state index in [1.807, 2.05) is 0 Å². The van der Waals surface area contributed by atoms with Crippen LogP contribution in [-0.4, -0.2) is 30.3 Å². The lowest BCUT2D eigenvalue weighted by molar-refractivity contribution is -0.146. The van der Waals surface area contributed by atoms with Gasteiger partial charge in [0.2, 0.25) is 0 Å². The van der Waals surface area contributed by atoms with Crippen molar-refractivity contribution in [2.75, 3.05) is 13.2 Å². The van der Waals surface area contributed by atoms with Crippen molar-refractivity contribution in [2.24, 2.45) is 5.73 Å². The largest absolute Gasteiger partial charge is 0.462 e. The predicted octanol–water partition coefficient (Wildman–Crippen LogP) is 1.60. The van der Waals surface area contributed by atoms with Gasteiger partial charge in [0.25, 0.3) is 0 Å². The third-order valence-corrected chi connectivity index (χ3v) is 2.51. The number of nitrogens with two attached hydrogens (primary N) is 1. The van der Waals surface area contributed by atoms with Crippen LogP contribution < -0.4 is 5.73 Å². The number of hydrogen-bond donors (Lipinski definition) is 2. The monoisotopic (exact) mass is 231 g/mol. The Morgan fingerprint density at radius 3 is 2.50 bits per heavy atom. The van der Waals surface area contributed by atoms with Gasteiger partial charge in [-0.25, -0.2) is 0 Å². The summed E-state index contributed by atoms with van der Waals surface area (Å²) in [7, 11) is 0. The van der Waals surface area contributed by atoms with E-state index in [9.17, 15) is 4.79 Å². The van der Waals surface area contributed by atoms with E-state index in [0.717, 1.165) is 12.8 Å². The molecule has 0 saturated heterocycles. The first-order valence-electron chi connectivity index (χ1n) is 6.25. The van der Waals surface area contributed by atoms with E-state index in [1.54, 1.807) is 0 Å². The summed E-state index contributed by atoms with van der Waals surface area (Å²) in [5.41, 5.74) is 5.64. The van der Waals surface area contributed by atoms with Gasteiger partial charge in [0, 0.05) is 0 Å². The Hall–Kier alpha value is -0.610. The first-order chi connectivity index (χ1) is 7.72. The summed E-state index contributed by atoms with van der Waals surface area (Å²) < 4.78 is 4.73. The van der Waals surface area contributed by atoms with Crippen LogP contribution >= 0.6 is 0 Å². The Labute approximate surface area is 98.2 Å². The summed E-state index contributed by atoms with van der Waals surface area (Å²) in [6.07, 6.45) is 7.78. The van der Waals surface area contributed by atoms with Gasteiger partial charge in [0.15, 0.2) is 0 Å². The zero-order valence-corrected chi connectivity index (χ0v) is 10.3. The lowest BCUT2D eigenvalue weighted by Crippen LogP contribution is -2.32. The molecule has 0 aliphatic rings. The number of aliphatic hydroxyl groups excluding tert-OH is 1. The first-order valence-corrected chi connectivity index (χ1v) is 6.25. The second kappa shape index (κ2) is 10.9. The maximum Gasteiger partial charge on any atom is 0.322 e. The third kappa shape index (κ3) is 8.68. The Balaban J connectivity index is 3.35. The molecule has 4 heteroatoms. The van der Waals surface area contributed by atoms with Gasteiger partial charge in [0.05, 0.1) is 6.61 Å². The van der Waals surface area contributed by atoms with Crippen molar-refractivity contribution in [1.29, 1.82) is 0 Å². The zero-order valence-electron chi connectivity index (χ0n) is 10.3. The highest BCUT2D eigenvalue weighted by Crippen LogP contribution is 2.08. The van der Waals surface area contributed by atoms with Crippen LogP contribution in [0.1, 0.15) is 51.9 Å². The molecule has 16 heavy (non-hydrogen) atoms. The SMILES string of the molecule is CCCCCCCCC(N)C(=O)OCCO. The molecule has 4 nitrogen and oxygen atoms in total. The molecule has 0 spiro atoms. The number of rotatable bonds is 10. The molecule has 0 saturated carbocycles. The van der Waals surface area contributed by atoms with E-state index < -0.39 is 12.0 Å². The molecule has 0 aromatic rings. The van der Waals surface area contributed by atoms with Gasteiger partial charge < -0.3 is 15.6 Å². The van der Waals surface area contributed by atoms with Crippen molar-refractivity contribution in [3.05, 3.63) is 0 Å². The Bertz CT molecular complexity index is 174. The van der Waals surface area contributed by atoms with Crippen LogP contribution in [-0.2, 0) is 9.53 Å². The van der Waals surface area contributed by atoms with Crippen LogP contribution in [0.4, 0.5) is 0 Å². The normalized spacial score (nSPS) is 12.4. The molecular weight excluding hydrogens is 206 g/mol. The van der Waals surface area contributed by atoms with Gasteiger partial charge in [-0.3, -0.25) is 4.79 Å². The van der Waals surface area contributed by atoms with Crippen molar-refractivity contribution < 1.29 is 14.6 Å². The maximum absolute atomic E-state index is 11.2. The summed E-state index contributed by atoms with van der Waals surface area (Å²) in [5, 5.41) is 8.48. The summed E-state index contributed by atoms with van der Waals surface area (Å²) in [6.45, 7) is 2.09. The van der Waals surface area contributed by atoms with Crippen LogP contribution in [0.25, 0.3) is 0 Å². The maximum atomic E-state index is 11.2. The predicted molar refractivity (Wildman–Crippen MR) is 64.0 cm³/mol. The fourth-order valence-corrected chi connectivity index (χ4v) is 1.52. The van der Waals surface area contributed by atoms with Crippen molar-refractivity contribution in [3.8, 4) is 0 Å². The molecule has 3 N–H and O–H groups in total. The van der Waals surface area contributed by atoms with Crippen LogP contribution in [0.15, 0.2) is 0 Å². The fourth-order valence-electron chi connectivity index (χ4n) is 1.52. The van der Waals surface area contributed by atoms with E-state index in [4.69, 9.17) is 15.6 Å². The Morgan fingerprint density at radius 2 is 1.88 bits per heavy atom. The van der Waals surface area contributed by atoms with Crippen molar-refractivity contribution in [3.63, 3.8) is 0 Å². The lowest BCUT2D eigenvalue weighted by atomic mass is 10.1. The molecule has 0 amide bonds.